The van der Waals surface area contributed by atoms with Crippen molar-refractivity contribution in [1.29, 1.82) is 0 Å². The zero-order valence-corrected chi connectivity index (χ0v) is 17.2. The van der Waals surface area contributed by atoms with E-state index >= 15 is 0 Å². The van der Waals surface area contributed by atoms with Crippen LogP contribution in [-0.4, -0.2) is 50.6 Å². The number of piperidine rings is 1. The Bertz CT molecular complexity index is 706. The van der Waals surface area contributed by atoms with Crippen molar-refractivity contribution in [2.45, 2.75) is 44.2 Å². The molecule has 4 aliphatic heterocycles. The van der Waals surface area contributed by atoms with E-state index in [2.05, 4.69) is 35.8 Å². The summed E-state index contributed by atoms with van der Waals surface area (Å²) in [5, 5.41) is 0. The Hall–Kier alpha value is -0.598. The van der Waals surface area contributed by atoms with E-state index in [-0.39, 0.29) is 0 Å². The molecule has 120 valence electrons. The van der Waals surface area contributed by atoms with E-state index in [9.17, 15) is 0 Å². The Morgan fingerprint density at radius 2 is 2.09 bits per heavy atom. The van der Waals surface area contributed by atoms with Crippen LogP contribution in [0.25, 0.3) is 6.08 Å². The van der Waals surface area contributed by atoms with Crippen molar-refractivity contribution in [2.24, 2.45) is 5.92 Å². The molecule has 0 N–H and O–H groups in total. The molecule has 1 aliphatic carbocycles. The molecule has 2 saturated heterocycles. The molecule has 4 nitrogen and oxygen atoms in total. The van der Waals surface area contributed by atoms with Crippen LogP contribution < -0.4 is 5.40 Å². The first kappa shape index (κ1) is 13.7. The number of hydrogen-bond acceptors (Lipinski definition) is 4. The minimum absolute atomic E-state index is 0.430. The van der Waals surface area contributed by atoms with Gasteiger partial charge in [-0.05, 0) is 0 Å². The van der Waals surface area contributed by atoms with E-state index in [0.717, 1.165) is 18.2 Å². The van der Waals surface area contributed by atoms with Crippen LogP contribution in [0.3, 0.4) is 0 Å². The first-order chi connectivity index (χ1) is 11.4. The maximum absolute atomic E-state index is 6.92. The Morgan fingerprint density at radius 1 is 1.13 bits per heavy atom. The number of benzene rings is 1. The summed E-state index contributed by atoms with van der Waals surface area (Å²) in [7, 11) is 0. The van der Waals surface area contributed by atoms with Crippen LogP contribution in [0.2, 0.25) is 0 Å². The molecule has 1 spiro atoms. The van der Waals surface area contributed by atoms with E-state index in [1.54, 1.807) is 0 Å². The number of nitrogens with zero attached hydrogens (tertiary/aromatic N) is 2. The summed E-state index contributed by atoms with van der Waals surface area (Å²) in [4.78, 5) is 0. The second-order valence-corrected chi connectivity index (χ2v) is 17.8. The van der Waals surface area contributed by atoms with Gasteiger partial charge in [0, 0.05) is 0 Å². The van der Waals surface area contributed by atoms with Crippen molar-refractivity contribution in [3.05, 3.63) is 29.8 Å². The summed E-state index contributed by atoms with van der Waals surface area (Å²) in [6, 6.07) is 7.11. The van der Waals surface area contributed by atoms with Crippen molar-refractivity contribution in [3.63, 3.8) is 0 Å². The first-order valence-electron chi connectivity index (χ1n) is 9.08. The third-order valence-corrected chi connectivity index (χ3v) is 19.7. The van der Waals surface area contributed by atoms with Gasteiger partial charge in [-0.1, -0.05) is 0 Å². The van der Waals surface area contributed by atoms with Gasteiger partial charge >= 0.3 is 144 Å². The molecule has 1 saturated carbocycles. The normalized spacial score (nSPS) is 40.2. The van der Waals surface area contributed by atoms with Gasteiger partial charge in [-0.15, -0.1) is 0 Å². The third-order valence-electron chi connectivity index (χ3n) is 6.40. The van der Waals surface area contributed by atoms with Crippen molar-refractivity contribution >= 4 is 34.4 Å². The van der Waals surface area contributed by atoms with E-state index in [1.807, 2.05) is 0 Å². The van der Waals surface area contributed by atoms with E-state index in [0.29, 0.717) is 12.1 Å². The fraction of sp³-hybridized carbons (Fsp3) is 0.556. The van der Waals surface area contributed by atoms with Gasteiger partial charge in [-0.25, -0.2) is 0 Å². The Kier molecular flexibility index (Phi) is 2.81. The van der Waals surface area contributed by atoms with Gasteiger partial charge in [-0.2, -0.15) is 0 Å². The molecule has 1 aromatic rings. The number of rotatable bonds is 0. The molecule has 0 bridgehead atoms. The maximum atomic E-state index is 6.92. The average Bonchev–Trinajstić information content (AvgIpc) is 3.08. The molecule has 4 unspecified atom stereocenters. The van der Waals surface area contributed by atoms with Crippen molar-refractivity contribution in [2.75, 3.05) is 15.8 Å². The van der Waals surface area contributed by atoms with Gasteiger partial charge in [0.1, 0.15) is 0 Å². The summed E-state index contributed by atoms with van der Waals surface area (Å²) in [5.41, 5.74) is 2.62. The van der Waals surface area contributed by atoms with Gasteiger partial charge < -0.3 is 0 Å². The fourth-order valence-corrected chi connectivity index (χ4v) is 21.1. The molecular weight excluding hydrogens is 483 g/mol. The zero-order valence-electron chi connectivity index (χ0n) is 13.3. The second kappa shape index (κ2) is 4.73. The monoisotopic (exact) mass is 506 g/mol. The van der Waals surface area contributed by atoms with E-state index in [4.69, 9.17) is 5.37 Å². The van der Waals surface area contributed by atoms with Crippen LogP contribution in [0.1, 0.15) is 37.7 Å². The standard InChI is InChI=1S/C9H15NO.C9H8NO.Pb/c2*11-8-5-1-3-7-4-2-6-10-9(7)8;/h7-9H,1-6H2;1-5,11H,6H2;/q-2;-1;+4/p-1. The van der Waals surface area contributed by atoms with Gasteiger partial charge in [-0.3, -0.25) is 0 Å². The van der Waals surface area contributed by atoms with Gasteiger partial charge in [0.05, 0.1) is 0 Å². The minimum atomic E-state index is -3.61. The third kappa shape index (κ3) is 1.67. The number of fused-ring (bicyclic) bond motifs is 2. The summed E-state index contributed by atoms with van der Waals surface area (Å²) < 4.78 is 19.0. The Labute approximate surface area is 143 Å². The Balaban J connectivity index is 1.50. The summed E-state index contributed by atoms with van der Waals surface area (Å²) in [6.07, 6.45) is 11.6. The van der Waals surface area contributed by atoms with Crippen molar-refractivity contribution in [3.8, 4) is 5.75 Å². The Morgan fingerprint density at radius 3 is 3.09 bits per heavy atom. The van der Waals surface area contributed by atoms with Gasteiger partial charge in [0.25, 0.3) is 0 Å². The van der Waals surface area contributed by atoms with Gasteiger partial charge in [0.15, 0.2) is 0 Å². The van der Waals surface area contributed by atoms with Crippen LogP contribution in [0.5, 0.6) is 5.75 Å². The molecule has 5 aliphatic rings. The predicted molar refractivity (Wildman–Crippen MR) is 91.1 cm³/mol. The fourth-order valence-electron chi connectivity index (χ4n) is 5.57. The molecule has 0 amide bonds. The summed E-state index contributed by atoms with van der Waals surface area (Å²) in [6.45, 7) is 2.15. The average molecular weight is 506 g/mol. The van der Waals surface area contributed by atoms with E-state index in [1.165, 1.54) is 49.9 Å². The van der Waals surface area contributed by atoms with Gasteiger partial charge in [0.2, 0.25) is 0 Å². The quantitative estimate of drug-likeness (QED) is 0.507. The van der Waals surface area contributed by atoms with Crippen LogP contribution in [0.4, 0.5) is 5.69 Å². The molecule has 4 atom stereocenters. The molecule has 4 heterocycles. The van der Waals surface area contributed by atoms with E-state index < -0.39 is 22.7 Å². The number of para-hydroxylation sites is 1. The predicted octanol–water partition coefficient (Wildman–Crippen LogP) is 3.01. The SMILES string of the molecule is C1=Cc2cccc3c2[N](C1)[Pb]1([O]3)[O]C2CCCC3CCC[N]1C32. The molecule has 0 aromatic heterocycles. The molecule has 3 fully saturated rings. The molecule has 23 heavy (non-hydrogen) atoms. The molecule has 0 radical (unpaired) electrons. The zero-order chi connectivity index (χ0) is 15.0. The van der Waals surface area contributed by atoms with Crippen LogP contribution in [0, 0.1) is 5.92 Å². The summed E-state index contributed by atoms with van der Waals surface area (Å²) >= 11 is -3.61. The molecule has 6 rings (SSSR count). The number of anilines is 1. The summed E-state index contributed by atoms with van der Waals surface area (Å²) in [5.74, 6) is 1.92. The van der Waals surface area contributed by atoms with Crippen LogP contribution in [0.15, 0.2) is 24.3 Å². The first-order valence-corrected chi connectivity index (χ1v) is 15.7. The molecule has 1 aromatic carbocycles. The molecular formula is C18H22N2O2Pb. The van der Waals surface area contributed by atoms with Crippen molar-refractivity contribution in [1.82, 2.24) is 2.71 Å². The molecule has 5 heteroatoms. The van der Waals surface area contributed by atoms with Crippen LogP contribution in [-0.2, 0) is 2.69 Å². The number of hydrogen-bond donors (Lipinski definition) is 0. The topological polar surface area (TPSA) is 24.9 Å². The second-order valence-electron chi connectivity index (χ2n) is 7.53. The van der Waals surface area contributed by atoms with Crippen molar-refractivity contribution < 1.29 is 5.37 Å². The van der Waals surface area contributed by atoms with Crippen LogP contribution >= 0.6 is 0 Å².